The number of amides is 1. The van der Waals surface area contributed by atoms with Crippen LogP contribution in [-0.2, 0) is 11.2 Å². The maximum Gasteiger partial charge on any atom is 0.224 e. The fourth-order valence-electron chi connectivity index (χ4n) is 2.91. The molecule has 1 saturated carbocycles. The molecular formula is C16H21BrN2O. The molecular weight excluding hydrogens is 316 g/mol. The van der Waals surface area contributed by atoms with Crippen molar-refractivity contribution in [3.8, 4) is 0 Å². The highest BCUT2D eigenvalue weighted by atomic mass is 79.9. The lowest BCUT2D eigenvalue weighted by Gasteiger charge is -2.32. The Morgan fingerprint density at radius 2 is 1.80 bits per heavy atom. The van der Waals surface area contributed by atoms with Crippen LogP contribution in [-0.4, -0.2) is 36.0 Å². The number of carbonyl (C=O) groups excluding carboxylic acids is 1. The first-order chi connectivity index (χ1) is 9.70. The Morgan fingerprint density at radius 3 is 2.40 bits per heavy atom. The highest BCUT2D eigenvalue weighted by Crippen LogP contribution is 2.29. The second-order valence-corrected chi connectivity index (χ2v) is 6.83. The van der Waals surface area contributed by atoms with Gasteiger partial charge in [0.1, 0.15) is 0 Å². The number of hydrogen-bond acceptors (Lipinski definition) is 2. The van der Waals surface area contributed by atoms with Gasteiger partial charge in [-0.2, -0.15) is 0 Å². The molecule has 2 fully saturated rings. The predicted molar refractivity (Wildman–Crippen MR) is 83.6 cm³/mol. The number of rotatable bonds is 4. The summed E-state index contributed by atoms with van der Waals surface area (Å²) < 4.78 is 1.05. The standard InChI is InChI=1S/C16H21BrN2O/c17-13-3-1-12(2-4-13)11-16(20)18-14-7-9-19(10-8-14)15-5-6-15/h1-4,14-15H,5-11H2,(H,18,20). The lowest BCUT2D eigenvalue weighted by atomic mass is 10.0. The molecule has 1 saturated heterocycles. The van der Waals surface area contributed by atoms with E-state index in [0.717, 1.165) is 42.0 Å². The quantitative estimate of drug-likeness (QED) is 0.916. The second kappa shape index (κ2) is 6.27. The molecule has 20 heavy (non-hydrogen) atoms. The molecule has 1 N–H and O–H groups in total. The first-order valence-corrected chi connectivity index (χ1v) is 8.28. The number of piperidine rings is 1. The molecule has 1 heterocycles. The smallest absolute Gasteiger partial charge is 0.224 e. The van der Waals surface area contributed by atoms with Gasteiger partial charge in [0.15, 0.2) is 0 Å². The molecule has 3 rings (SSSR count). The summed E-state index contributed by atoms with van der Waals surface area (Å²) in [6.07, 6.45) is 5.43. The zero-order valence-corrected chi connectivity index (χ0v) is 13.2. The zero-order chi connectivity index (χ0) is 13.9. The van der Waals surface area contributed by atoms with Crippen LogP contribution in [0.25, 0.3) is 0 Å². The van der Waals surface area contributed by atoms with Crippen molar-refractivity contribution < 1.29 is 4.79 Å². The Bertz CT molecular complexity index is 462. The van der Waals surface area contributed by atoms with Gasteiger partial charge in [0.25, 0.3) is 0 Å². The number of benzene rings is 1. The number of halogens is 1. The van der Waals surface area contributed by atoms with E-state index in [-0.39, 0.29) is 5.91 Å². The second-order valence-electron chi connectivity index (χ2n) is 5.91. The zero-order valence-electron chi connectivity index (χ0n) is 11.6. The lowest BCUT2D eigenvalue weighted by Crippen LogP contribution is -2.45. The van der Waals surface area contributed by atoms with Crippen LogP contribution in [0.2, 0.25) is 0 Å². The summed E-state index contributed by atoms with van der Waals surface area (Å²) in [7, 11) is 0. The van der Waals surface area contributed by atoms with E-state index in [0.29, 0.717) is 12.5 Å². The van der Waals surface area contributed by atoms with Crippen LogP contribution < -0.4 is 5.32 Å². The van der Waals surface area contributed by atoms with Gasteiger partial charge in [0.2, 0.25) is 5.91 Å². The van der Waals surface area contributed by atoms with E-state index in [9.17, 15) is 4.79 Å². The average Bonchev–Trinajstić information content (AvgIpc) is 3.27. The molecule has 1 aliphatic heterocycles. The lowest BCUT2D eigenvalue weighted by molar-refractivity contribution is -0.121. The summed E-state index contributed by atoms with van der Waals surface area (Å²) >= 11 is 3.41. The van der Waals surface area contributed by atoms with Crippen LogP contribution in [0.15, 0.2) is 28.7 Å². The Labute approximate surface area is 128 Å². The number of hydrogen-bond donors (Lipinski definition) is 1. The molecule has 2 aliphatic rings. The highest BCUT2D eigenvalue weighted by Gasteiger charge is 2.31. The van der Waals surface area contributed by atoms with Crippen molar-refractivity contribution in [2.45, 2.75) is 44.2 Å². The monoisotopic (exact) mass is 336 g/mol. The van der Waals surface area contributed by atoms with E-state index in [2.05, 4.69) is 26.1 Å². The molecule has 0 aromatic heterocycles. The summed E-state index contributed by atoms with van der Waals surface area (Å²) in [5, 5.41) is 3.18. The largest absolute Gasteiger partial charge is 0.353 e. The van der Waals surface area contributed by atoms with E-state index in [4.69, 9.17) is 0 Å². The van der Waals surface area contributed by atoms with Crippen molar-refractivity contribution in [1.29, 1.82) is 0 Å². The molecule has 0 spiro atoms. The van der Waals surface area contributed by atoms with Crippen molar-refractivity contribution in [3.05, 3.63) is 34.3 Å². The van der Waals surface area contributed by atoms with Gasteiger partial charge in [-0.25, -0.2) is 0 Å². The van der Waals surface area contributed by atoms with Gasteiger partial charge < -0.3 is 10.2 Å². The van der Waals surface area contributed by atoms with Crippen molar-refractivity contribution in [2.24, 2.45) is 0 Å². The Kier molecular flexibility index (Phi) is 4.41. The van der Waals surface area contributed by atoms with E-state index < -0.39 is 0 Å². The Morgan fingerprint density at radius 1 is 1.15 bits per heavy atom. The number of nitrogens with one attached hydrogen (secondary N) is 1. The molecule has 3 nitrogen and oxygen atoms in total. The van der Waals surface area contributed by atoms with E-state index in [1.165, 1.54) is 12.8 Å². The third kappa shape index (κ3) is 3.83. The number of nitrogens with zero attached hydrogens (tertiary/aromatic N) is 1. The van der Waals surface area contributed by atoms with E-state index in [1.807, 2.05) is 24.3 Å². The molecule has 1 aliphatic carbocycles. The summed E-state index contributed by atoms with van der Waals surface area (Å²) in [5.74, 6) is 0.150. The van der Waals surface area contributed by atoms with Gasteiger partial charge in [-0.1, -0.05) is 28.1 Å². The Hall–Kier alpha value is -0.870. The van der Waals surface area contributed by atoms with Gasteiger partial charge in [-0.05, 0) is 43.4 Å². The highest BCUT2D eigenvalue weighted by molar-refractivity contribution is 9.10. The fraction of sp³-hybridized carbons (Fsp3) is 0.562. The van der Waals surface area contributed by atoms with E-state index in [1.54, 1.807) is 0 Å². The van der Waals surface area contributed by atoms with Crippen LogP contribution >= 0.6 is 15.9 Å². The van der Waals surface area contributed by atoms with Crippen LogP contribution in [0.1, 0.15) is 31.2 Å². The summed E-state index contributed by atoms with van der Waals surface area (Å²) in [6, 6.07) is 9.19. The van der Waals surface area contributed by atoms with Crippen LogP contribution in [0.3, 0.4) is 0 Å². The van der Waals surface area contributed by atoms with Gasteiger partial charge >= 0.3 is 0 Å². The van der Waals surface area contributed by atoms with Crippen LogP contribution in [0, 0.1) is 0 Å². The van der Waals surface area contributed by atoms with Crippen molar-refractivity contribution in [1.82, 2.24) is 10.2 Å². The maximum atomic E-state index is 12.1. The first-order valence-electron chi connectivity index (χ1n) is 7.48. The van der Waals surface area contributed by atoms with Crippen molar-refractivity contribution in [2.75, 3.05) is 13.1 Å². The molecule has 1 aromatic rings. The third-order valence-electron chi connectivity index (χ3n) is 4.24. The topological polar surface area (TPSA) is 32.3 Å². The average molecular weight is 337 g/mol. The van der Waals surface area contributed by atoms with Gasteiger partial charge in [-0.3, -0.25) is 4.79 Å². The maximum absolute atomic E-state index is 12.1. The minimum absolute atomic E-state index is 0.150. The van der Waals surface area contributed by atoms with Crippen molar-refractivity contribution in [3.63, 3.8) is 0 Å². The predicted octanol–water partition coefficient (Wildman–Crippen LogP) is 2.73. The molecule has 1 amide bonds. The molecule has 0 atom stereocenters. The minimum Gasteiger partial charge on any atom is -0.353 e. The molecule has 0 radical (unpaired) electrons. The molecule has 108 valence electrons. The van der Waals surface area contributed by atoms with Crippen LogP contribution in [0.4, 0.5) is 0 Å². The molecule has 1 aromatic carbocycles. The number of likely N-dealkylation sites (tertiary alicyclic amines) is 1. The SMILES string of the molecule is O=C(Cc1ccc(Br)cc1)NC1CCN(C2CC2)CC1. The Balaban J connectivity index is 1.43. The number of carbonyl (C=O) groups is 1. The third-order valence-corrected chi connectivity index (χ3v) is 4.76. The molecule has 4 heteroatoms. The normalized spacial score (nSPS) is 20.9. The van der Waals surface area contributed by atoms with Gasteiger partial charge in [0, 0.05) is 29.6 Å². The molecule has 0 bridgehead atoms. The van der Waals surface area contributed by atoms with E-state index >= 15 is 0 Å². The minimum atomic E-state index is 0.150. The van der Waals surface area contributed by atoms with Crippen molar-refractivity contribution >= 4 is 21.8 Å². The fourth-order valence-corrected chi connectivity index (χ4v) is 3.18. The summed E-state index contributed by atoms with van der Waals surface area (Å²) in [5.41, 5.74) is 1.07. The molecule has 0 unspecified atom stereocenters. The van der Waals surface area contributed by atoms with Crippen LogP contribution in [0.5, 0.6) is 0 Å². The summed E-state index contributed by atoms with van der Waals surface area (Å²) in [6.45, 7) is 2.29. The first kappa shape index (κ1) is 14.1. The van der Waals surface area contributed by atoms with Gasteiger partial charge in [0.05, 0.1) is 6.42 Å². The summed E-state index contributed by atoms with van der Waals surface area (Å²) in [4.78, 5) is 14.6. The van der Waals surface area contributed by atoms with Gasteiger partial charge in [-0.15, -0.1) is 0 Å².